The molecule has 0 saturated carbocycles. The molecule has 0 aromatic carbocycles. The first-order valence-corrected chi connectivity index (χ1v) is 4.92. The van der Waals surface area contributed by atoms with E-state index in [1.807, 2.05) is 0 Å². The quantitative estimate of drug-likeness (QED) is 0.608. The van der Waals surface area contributed by atoms with Crippen molar-refractivity contribution in [3.8, 4) is 0 Å². The fourth-order valence-corrected chi connectivity index (χ4v) is 1.65. The predicted molar refractivity (Wildman–Crippen MR) is 54.1 cm³/mol. The fourth-order valence-electron chi connectivity index (χ4n) is 1.65. The summed E-state index contributed by atoms with van der Waals surface area (Å²) in [7, 11) is 0. The second-order valence-corrected chi connectivity index (χ2v) is 3.79. The second-order valence-electron chi connectivity index (χ2n) is 3.79. The second kappa shape index (κ2) is 6.24. The summed E-state index contributed by atoms with van der Waals surface area (Å²) < 4.78 is 0. The topological polar surface area (TPSA) is 20.2 Å². The Hall–Kier alpha value is -0.300. The molecular weight excluding hydrogens is 148 g/mol. The van der Waals surface area contributed by atoms with E-state index >= 15 is 0 Å². The van der Waals surface area contributed by atoms with E-state index in [0.29, 0.717) is 11.8 Å². The average Bonchev–Trinajstić information content (AvgIpc) is 1.99. The lowest BCUT2D eigenvalue weighted by molar-refractivity contribution is 0.0780. The zero-order chi connectivity index (χ0) is 9.56. The molecule has 0 aliphatic rings. The van der Waals surface area contributed by atoms with Crippen molar-refractivity contribution in [3.05, 3.63) is 12.7 Å². The Bertz CT molecular complexity index is 118. The van der Waals surface area contributed by atoms with Crippen LogP contribution in [0.15, 0.2) is 12.7 Å². The van der Waals surface area contributed by atoms with Crippen LogP contribution in [0, 0.1) is 11.8 Å². The summed E-state index contributed by atoms with van der Waals surface area (Å²) in [6.07, 6.45) is 4.60. The molecule has 0 aromatic heterocycles. The highest BCUT2D eigenvalue weighted by Crippen LogP contribution is 2.22. The van der Waals surface area contributed by atoms with Gasteiger partial charge in [0.05, 0.1) is 6.10 Å². The van der Waals surface area contributed by atoms with Crippen molar-refractivity contribution in [2.24, 2.45) is 11.8 Å². The van der Waals surface area contributed by atoms with Crippen molar-refractivity contribution in [1.82, 2.24) is 0 Å². The zero-order valence-corrected chi connectivity index (χ0v) is 8.59. The van der Waals surface area contributed by atoms with Crippen LogP contribution in [0.3, 0.4) is 0 Å². The molecule has 0 amide bonds. The molecule has 0 bridgehead atoms. The highest BCUT2D eigenvalue weighted by molar-refractivity contribution is 4.79. The number of rotatable bonds is 6. The van der Waals surface area contributed by atoms with E-state index in [-0.39, 0.29) is 6.10 Å². The maximum Gasteiger partial charge on any atom is 0.0605 e. The summed E-state index contributed by atoms with van der Waals surface area (Å²) in [6.45, 7) is 10.2. The van der Waals surface area contributed by atoms with Crippen LogP contribution in [0.5, 0.6) is 0 Å². The molecule has 72 valence electrons. The molecule has 0 aromatic rings. The molecule has 12 heavy (non-hydrogen) atoms. The van der Waals surface area contributed by atoms with E-state index < -0.39 is 0 Å². The van der Waals surface area contributed by atoms with Crippen LogP contribution < -0.4 is 0 Å². The van der Waals surface area contributed by atoms with Gasteiger partial charge in [0, 0.05) is 0 Å². The van der Waals surface area contributed by atoms with Crippen molar-refractivity contribution in [1.29, 1.82) is 0 Å². The first-order valence-electron chi connectivity index (χ1n) is 4.92. The van der Waals surface area contributed by atoms with Crippen LogP contribution in [0.2, 0.25) is 0 Å². The van der Waals surface area contributed by atoms with Gasteiger partial charge >= 0.3 is 0 Å². The van der Waals surface area contributed by atoms with Crippen molar-refractivity contribution in [2.45, 2.75) is 46.1 Å². The number of aliphatic hydroxyl groups is 1. The molecule has 2 atom stereocenters. The Morgan fingerprint density at radius 3 is 2.33 bits per heavy atom. The summed E-state index contributed by atoms with van der Waals surface area (Å²) in [5.74, 6) is 1.01. The van der Waals surface area contributed by atoms with Gasteiger partial charge in [-0.2, -0.15) is 0 Å². The summed E-state index contributed by atoms with van der Waals surface area (Å²) in [6, 6.07) is 0. The van der Waals surface area contributed by atoms with Crippen molar-refractivity contribution in [2.75, 3.05) is 0 Å². The third-order valence-corrected chi connectivity index (χ3v) is 2.38. The number of aliphatic hydroxyl groups excluding tert-OH is 1. The van der Waals surface area contributed by atoms with Gasteiger partial charge in [0.1, 0.15) is 0 Å². The van der Waals surface area contributed by atoms with E-state index in [1.165, 1.54) is 0 Å². The molecule has 0 aliphatic heterocycles. The first-order chi connectivity index (χ1) is 5.63. The zero-order valence-electron chi connectivity index (χ0n) is 8.59. The Morgan fingerprint density at radius 1 is 1.42 bits per heavy atom. The Morgan fingerprint density at radius 2 is 2.00 bits per heavy atom. The predicted octanol–water partition coefficient (Wildman–Crippen LogP) is 3.00. The molecule has 0 saturated heterocycles. The third kappa shape index (κ3) is 3.91. The standard InChI is InChI=1S/C11H22O/c1-5-7-10(9(3)4)11(12)8-6-2/h6,9-12H,2,5,7-8H2,1,3-4H3/t10?,11-/m1/s1. The van der Waals surface area contributed by atoms with Gasteiger partial charge in [-0.05, 0) is 24.7 Å². The molecule has 0 radical (unpaired) electrons. The van der Waals surface area contributed by atoms with E-state index in [1.54, 1.807) is 6.08 Å². The van der Waals surface area contributed by atoms with Crippen LogP contribution in [0.1, 0.15) is 40.0 Å². The minimum absolute atomic E-state index is 0.192. The normalized spacial score (nSPS) is 16.1. The van der Waals surface area contributed by atoms with Gasteiger partial charge in [-0.1, -0.05) is 33.3 Å². The molecule has 0 heterocycles. The molecule has 1 N–H and O–H groups in total. The highest BCUT2D eigenvalue weighted by atomic mass is 16.3. The van der Waals surface area contributed by atoms with Crippen molar-refractivity contribution in [3.63, 3.8) is 0 Å². The largest absolute Gasteiger partial charge is 0.393 e. The molecule has 1 unspecified atom stereocenters. The first kappa shape index (κ1) is 11.7. The lowest BCUT2D eigenvalue weighted by Gasteiger charge is -2.25. The Kier molecular flexibility index (Phi) is 6.09. The van der Waals surface area contributed by atoms with Gasteiger partial charge in [0.25, 0.3) is 0 Å². The number of hydrogen-bond donors (Lipinski definition) is 1. The van der Waals surface area contributed by atoms with E-state index in [0.717, 1.165) is 19.3 Å². The van der Waals surface area contributed by atoms with Crippen LogP contribution in [0.4, 0.5) is 0 Å². The number of hydrogen-bond acceptors (Lipinski definition) is 1. The SMILES string of the molecule is C=CC[C@@H](O)C(CCC)C(C)C. The lowest BCUT2D eigenvalue weighted by Crippen LogP contribution is -2.24. The summed E-state index contributed by atoms with van der Waals surface area (Å²) >= 11 is 0. The van der Waals surface area contributed by atoms with Crippen molar-refractivity contribution >= 4 is 0 Å². The van der Waals surface area contributed by atoms with E-state index in [4.69, 9.17) is 0 Å². The molecule has 0 fully saturated rings. The van der Waals surface area contributed by atoms with E-state index in [2.05, 4.69) is 27.4 Å². The lowest BCUT2D eigenvalue weighted by atomic mass is 9.85. The van der Waals surface area contributed by atoms with Gasteiger partial charge in [0.15, 0.2) is 0 Å². The maximum absolute atomic E-state index is 9.74. The van der Waals surface area contributed by atoms with Crippen LogP contribution >= 0.6 is 0 Å². The van der Waals surface area contributed by atoms with Crippen LogP contribution in [0.25, 0.3) is 0 Å². The Balaban J connectivity index is 3.98. The minimum Gasteiger partial charge on any atom is -0.393 e. The highest BCUT2D eigenvalue weighted by Gasteiger charge is 2.20. The third-order valence-electron chi connectivity index (χ3n) is 2.38. The van der Waals surface area contributed by atoms with Gasteiger partial charge in [0.2, 0.25) is 0 Å². The van der Waals surface area contributed by atoms with Gasteiger partial charge in [-0.25, -0.2) is 0 Å². The minimum atomic E-state index is -0.192. The summed E-state index contributed by atoms with van der Waals surface area (Å²) in [5.41, 5.74) is 0. The van der Waals surface area contributed by atoms with Gasteiger partial charge in [-0.3, -0.25) is 0 Å². The molecular formula is C11H22O. The molecule has 0 rings (SSSR count). The summed E-state index contributed by atoms with van der Waals surface area (Å²) in [5, 5.41) is 9.74. The van der Waals surface area contributed by atoms with Crippen molar-refractivity contribution < 1.29 is 5.11 Å². The molecule has 1 nitrogen and oxygen atoms in total. The maximum atomic E-state index is 9.74. The van der Waals surface area contributed by atoms with Crippen LogP contribution in [-0.4, -0.2) is 11.2 Å². The molecule has 0 spiro atoms. The van der Waals surface area contributed by atoms with E-state index in [9.17, 15) is 5.11 Å². The summed E-state index contributed by atoms with van der Waals surface area (Å²) in [4.78, 5) is 0. The van der Waals surface area contributed by atoms with Gasteiger partial charge in [-0.15, -0.1) is 6.58 Å². The smallest absolute Gasteiger partial charge is 0.0605 e. The molecule has 0 aliphatic carbocycles. The average molecular weight is 170 g/mol. The monoisotopic (exact) mass is 170 g/mol. The van der Waals surface area contributed by atoms with Gasteiger partial charge < -0.3 is 5.11 Å². The fraction of sp³-hybridized carbons (Fsp3) is 0.818. The van der Waals surface area contributed by atoms with Crippen LogP contribution in [-0.2, 0) is 0 Å². The molecule has 1 heteroatoms. The Labute approximate surface area is 76.5 Å².